The molecule has 2 aliphatic rings. The summed E-state index contributed by atoms with van der Waals surface area (Å²) in [4.78, 5) is 12.0. The van der Waals surface area contributed by atoms with Crippen LogP contribution in [0.15, 0.2) is 47.4 Å². The first-order valence-electron chi connectivity index (χ1n) is 10.3. The van der Waals surface area contributed by atoms with Gasteiger partial charge in [-0.2, -0.15) is 4.98 Å². The van der Waals surface area contributed by atoms with Gasteiger partial charge in [0.25, 0.3) is 0 Å². The summed E-state index contributed by atoms with van der Waals surface area (Å²) in [5.74, 6) is 2.02. The highest BCUT2D eigenvalue weighted by Gasteiger charge is 2.27. The lowest BCUT2D eigenvalue weighted by Crippen LogP contribution is -2.45. The second-order valence-electron chi connectivity index (χ2n) is 8.15. The van der Waals surface area contributed by atoms with Crippen molar-refractivity contribution in [2.75, 3.05) is 42.1 Å². The van der Waals surface area contributed by atoms with E-state index in [1.165, 1.54) is 0 Å². The van der Waals surface area contributed by atoms with Crippen LogP contribution in [0.25, 0.3) is 10.9 Å². The van der Waals surface area contributed by atoms with E-state index in [9.17, 15) is 8.42 Å². The molecular weight excluding hydrogens is 398 g/mol. The number of aromatic nitrogens is 2. The Balaban J connectivity index is 1.54. The third kappa shape index (κ3) is 3.61. The summed E-state index contributed by atoms with van der Waals surface area (Å²) in [5, 5.41) is 7.80. The SMILES string of the molecule is Cc1ccc2nc(N3CCS(=O)(=O)c4ccccc4C3)nc(NCC3CNC3)c2c1. The first kappa shape index (κ1) is 19.3. The van der Waals surface area contributed by atoms with Crippen LogP contribution in [0.5, 0.6) is 0 Å². The summed E-state index contributed by atoms with van der Waals surface area (Å²) in [6, 6.07) is 13.4. The van der Waals surface area contributed by atoms with Gasteiger partial charge in [-0.1, -0.05) is 29.8 Å². The summed E-state index contributed by atoms with van der Waals surface area (Å²) in [7, 11) is -3.31. The van der Waals surface area contributed by atoms with Crippen molar-refractivity contribution in [3.05, 3.63) is 53.6 Å². The number of nitrogens with zero attached hydrogens (tertiary/aromatic N) is 3. The largest absolute Gasteiger partial charge is 0.369 e. The number of fused-ring (bicyclic) bond motifs is 2. The van der Waals surface area contributed by atoms with Crippen LogP contribution < -0.4 is 15.5 Å². The Hall–Kier alpha value is -2.71. The fourth-order valence-corrected chi connectivity index (χ4v) is 5.47. The second-order valence-corrected chi connectivity index (χ2v) is 10.2. The Morgan fingerprint density at radius 2 is 2.00 bits per heavy atom. The molecule has 0 aliphatic carbocycles. The molecule has 156 valence electrons. The zero-order valence-electron chi connectivity index (χ0n) is 16.9. The molecule has 0 saturated carbocycles. The maximum Gasteiger partial charge on any atom is 0.228 e. The fourth-order valence-electron chi connectivity index (χ4n) is 3.97. The maximum atomic E-state index is 12.7. The van der Waals surface area contributed by atoms with E-state index in [0.29, 0.717) is 29.9 Å². The van der Waals surface area contributed by atoms with Crippen LogP contribution in [0.4, 0.5) is 11.8 Å². The van der Waals surface area contributed by atoms with Crippen molar-refractivity contribution in [1.29, 1.82) is 0 Å². The Labute approximate surface area is 176 Å². The molecular formula is C22H25N5O2S. The van der Waals surface area contributed by atoms with Gasteiger partial charge in [-0.05, 0) is 30.7 Å². The molecule has 1 fully saturated rings. The van der Waals surface area contributed by atoms with E-state index in [4.69, 9.17) is 9.97 Å². The lowest BCUT2D eigenvalue weighted by Gasteiger charge is -2.28. The van der Waals surface area contributed by atoms with Gasteiger partial charge in [0.1, 0.15) is 5.82 Å². The van der Waals surface area contributed by atoms with E-state index in [1.807, 2.05) is 29.2 Å². The Morgan fingerprint density at radius 1 is 1.17 bits per heavy atom. The minimum Gasteiger partial charge on any atom is -0.369 e. The first-order valence-corrected chi connectivity index (χ1v) is 11.9. The number of sulfone groups is 1. The third-order valence-corrected chi connectivity index (χ3v) is 7.63. The molecule has 1 saturated heterocycles. The Morgan fingerprint density at radius 3 is 2.80 bits per heavy atom. The number of hydrogen-bond donors (Lipinski definition) is 2. The van der Waals surface area contributed by atoms with Gasteiger partial charge in [0, 0.05) is 44.0 Å². The van der Waals surface area contributed by atoms with Crippen LogP contribution >= 0.6 is 0 Å². The molecule has 0 unspecified atom stereocenters. The number of hydrogen-bond acceptors (Lipinski definition) is 7. The third-order valence-electron chi connectivity index (χ3n) is 5.85. The van der Waals surface area contributed by atoms with E-state index in [-0.39, 0.29) is 5.75 Å². The molecule has 3 heterocycles. The number of anilines is 2. The molecule has 30 heavy (non-hydrogen) atoms. The van der Waals surface area contributed by atoms with Gasteiger partial charge in [-0.15, -0.1) is 0 Å². The predicted molar refractivity (Wildman–Crippen MR) is 119 cm³/mol. The molecule has 0 spiro atoms. The lowest BCUT2D eigenvalue weighted by atomic mass is 10.0. The van der Waals surface area contributed by atoms with Gasteiger partial charge >= 0.3 is 0 Å². The minimum absolute atomic E-state index is 0.0514. The van der Waals surface area contributed by atoms with Crippen molar-refractivity contribution >= 4 is 32.5 Å². The normalized spacial score (nSPS) is 18.5. The van der Waals surface area contributed by atoms with Crippen LogP contribution in [0.2, 0.25) is 0 Å². The molecule has 0 bridgehead atoms. The van der Waals surface area contributed by atoms with Gasteiger partial charge in [-0.25, -0.2) is 13.4 Å². The molecule has 3 aromatic rings. The monoisotopic (exact) mass is 423 g/mol. The summed E-state index contributed by atoms with van der Waals surface area (Å²) >= 11 is 0. The van der Waals surface area contributed by atoms with Gasteiger partial charge < -0.3 is 15.5 Å². The highest BCUT2D eigenvalue weighted by atomic mass is 32.2. The molecule has 7 nitrogen and oxygen atoms in total. The average molecular weight is 424 g/mol. The molecule has 0 amide bonds. The summed E-state index contributed by atoms with van der Waals surface area (Å²) in [6.07, 6.45) is 0. The first-order chi connectivity index (χ1) is 14.5. The molecule has 2 aromatic carbocycles. The fraction of sp³-hybridized carbons (Fsp3) is 0.364. The van der Waals surface area contributed by atoms with E-state index in [1.54, 1.807) is 12.1 Å². The highest BCUT2D eigenvalue weighted by molar-refractivity contribution is 7.91. The molecule has 5 rings (SSSR count). The lowest BCUT2D eigenvalue weighted by molar-refractivity contribution is 0.365. The van der Waals surface area contributed by atoms with Crippen molar-refractivity contribution < 1.29 is 8.42 Å². The molecule has 1 aromatic heterocycles. The number of rotatable bonds is 4. The summed E-state index contributed by atoms with van der Waals surface area (Å²) in [5.41, 5.74) is 2.81. The standard InChI is InChI=1S/C22H25N5O2S/c1-15-6-7-19-18(10-15)21(24-13-16-11-23-12-16)26-22(25-19)27-8-9-30(28,29)20-5-3-2-4-17(20)14-27/h2-7,10,16,23H,8-9,11-14H2,1H3,(H,24,25,26). The molecule has 0 atom stereocenters. The van der Waals surface area contributed by atoms with E-state index < -0.39 is 9.84 Å². The van der Waals surface area contributed by atoms with Gasteiger partial charge in [0.2, 0.25) is 5.95 Å². The zero-order valence-corrected chi connectivity index (χ0v) is 17.7. The quantitative estimate of drug-likeness (QED) is 0.666. The second kappa shape index (κ2) is 7.52. The zero-order chi connectivity index (χ0) is 20.7. The van der Waals surface area contributed by atoms with Crippen LogP contribution in [-0.2, 0) is 16.4 Å². The summed E-state index contributed by atoms with van der Waals surface area (Å²) in [6.45, 7) is 5.78. The molecule has 0 radical (unpaired) electrons. The smallest absolute Gasteiger partial charge is 0.228 e. The van der Waals surface area contributed by atoms with Gasteiger partial charge in [0.05, 0.1) is 16.2 Å². The molecule has 2 aliphatic heterocycles. The average Bonchev–Trinajstić information content (AvgIpc) is 2.83. The number of benzene rings is 2. The Bertz CT molecular complexity index is 1210. The summed E-state index contributed by atoms with van der Waals surface area (Å²) < 4.78 is 25.4. The van der Waals surface area contributed by atoms with Crippen molar-refractivity contribution in [3.63, 3.8) is 0 Å². The predicted octanol–water partition coefficient (Wildman–Crippen LogP) is 2.36. The number of aryl methyl sites for hydroxylation is 1. The molecule has 2 N–H and O–H groups in total. The van der Waals surface area contributed by atoms with Crippen LogP contribution in [0.1, 0.15) is 11.1 Å². The van der Waals surface area contributed by atoms with Crippen molar-refractivity contribution in [2.24, 2.45) is 5.92 Å². The topological polar surface area (TPSA) is 87.2 Å². The number of nitrogens with one attached hydrogen (secondary N) is 2. The van der Waals surface area contributed by atoms with E-state index >= 15 is 0 Å². The minimum atomic E-state index is -3.31. The van der Waals surface area contributed by atoms with Gasteiger partial charge in [0.15, 0.2) is 9.84 Å². The van der Waals surface area contributed by atoms with Crippen molar-refractivity contribution in [3.8, 4) is 0 Å². The van der Waals surface area contributed by atoms with Crippen LogP contribution in [-0.4, -0.2) is 50.3 Å². The van der Waals surface area contributed by atoms with Crippen molar-refractivity contribution in [2.45, 2.75) is 18.4 Å². The van der Waals surface area contributed by atoms with Crippen LogP contribution in [0, 0.1) is 12.8 Å². The van der Waals surface area contributed by atoms with Crippen LogP contribution in [0.3, 0.4) is 0 Å². The molecule has 8 heteroatoms. The van der Waals surface area contributed by atoms with Crippen molar-refractivity contribution in [1.82, 2.24) is 15.3 Å². The Kier molecular flexibility index (Phi) is 4.83. The maximum absolute atomic E-state index is 12.7. The van der Waals surface area contributed by atoms with E-state index in [2.05, 4.69) is 23.6 Å². The highest BCUT2D eigenvalue weighted by Crippen LogP contribution is 2.29. The van der Waals surface area contributed by atoms with E-state index in [0.717, 1.165) is 47.5 Å². The van der Waals surface area contributed by atoms with Gasteiger partial charge in [-0.3, -0.25) is 0 Å².